The summed E-state index contributed by atoms with van der Waals surface area (Å²) in [7, 11) is -3.72. The van der Waals surface area contributed by atoms with Gasteiger partial charge < -0.3 is 5.73 Å². The number of nitro groups is 1. The van der Waals surface area contributed by atoms with Crippen LogP contribution in [0.5, 0.6) is 0 Å². The van der Waals surface area contributed by atoms with Crippen LogP contribution in [0.2, 0.25) is 0 Å². The Balaban J connectivity index is 2.99. The lowest BCUT2D eigenvalue weighted by Gasteiger charge is -2.08. The van der Waals surface area contributed by atoms with Crippen molar-refractivity contribution in [2.24, 2.45) is 0 Å². The van der Waals surface area contributed by atoms with E-state index >= 15 is 0 Å². The quantitative estimate of drug-likeness (QED) is 0.347. The number of nitrogens with two attached hydrogens (primary N) is 1. The molecule has 0 amide bonds. The molecule has 0 spiro atoms. The molecule has 0 aromatic heterocycles. The summed E-state index contributed by atoms with van der Waals surface area (Å²) in [4.78, 5) is 9.73. The van der Waals surface area contributed by atoms with Gasteiger partial charge in [0, 0.05) is 24.4 Å². The first kappa shape index (κ1) is 14.7. The summed E-state index contributed by atoms with van der Waals surface area (Å²) in [5.41, 5.74) is 5.14. The first-order valence-electron chi connectivity index (χ1n) is 4.91. The minimum absolute atomic E-state index is 0.138. The van der Waals surface area contributed by atoms with E-state index in [0.29, 0.717) is 5.75 Å². The normalized spacial score (nSPS) is 11.4. The molecule has 0 saturated carbocycles. The highest BCUT2D eigenvalue weighted by Gasteiger charge is 2.19. The highest BCUT2D eigenvalue weighted by Crippen LogP contribution is 2.23. The summed E-state index contributed by atoms with van der Waals surface area (Å²) in [6.07, 6.45) is 1.86. The van der Waals surface area contributed by atoms with E-state index in [1.807, 2.05) is 6.26 Å². The van der Waals surface area contributed by atoms with Crippen LogP contribution in [-0.4, -0.2) is 31.9 Å². The van der Waals surface area contributed by atoms with Crippen molar-refractivity contribution in [3.63, 3.8) is 0 Å². The van der Waals surface area contributed by atoms with Gasteiger partial charge in [-0.25, -0.2) is 13.1 Å². The smallest absolute Gasteiger partial charge is 0.271 e. The van der Waals surface area contributed by atoms with Gasteiger partial charge in [-0.05, 0) is 12.3 Å². The van der Waals surface area contributed by atoms with Gasteiger partial charge in [0.2, 0.25) is 10.0 Å². The molecule has 1 rings (SSSR count). The molecule has 1 aromatic rings. The average molecular weight is 291 g/mol. The predicted octanol–water partition coefficient (Wildman–Crippen LogP) is 0.818. The van der Waals surface area contributed by atoms with Gasteiger partial charge in [0.25, 0.3) is 5.69 Å². The fourth-order valence-corrected chi connectivity index (χ4v) is 2.83. The number of sulfonamides is 1. The lowest BCUT2D eigenvalue weighted by molar-refractivity contribution is -0.384. The number of hydrogen-bond donors (Lipinski definition) is 2. The first-order chi connectivity index (χ1) is 8.38. The Morgan fingerprint density at radius 1 is 1.50 bits per heavy atom. The number of hydrogen-bond acceptors (Lipinski definition) is 6. The molecular weight excluding hydrogens is 278 g/mol. The van der Waals surface area contributed by atoms with Crippen molar-refractivity contribution in [1.29, 1.82) is 0 Å². The summed E-state index contributed by atoms with van der Waals surface area (Å²) in [5, 5.41) is 10.5. The van der Waals surface area contributed by atoms with E-state index in [9.17, 15) is 18.5 Å². The largest absolute Gasteiger partial charge is 0.397 e. The zero-order valence-electron chi connectivity index (χ0n) is 9.62. The van der Waals surface area contributed by atoms with Crippen LogP contribution in [0, 0.1) is 10.1 Å². The zero-order valence-corrected chi connectivity index (χ0v) is 11.3. The second kappa shape index (κ2) is 6.03. The van der Waals surface area contributed by atoms with Crippen molar-refractivity contribution in [2.75, 3.05) is 24.3 Å². The molecule has 0 aliphatic carbocycles. The number of nitrogen functional groups attached to an aromatic ring is 1. The summed E-state index contributed by atoms with van der Waals surface area (Å²) < 4.78 is 26.0. The SMILES string of the molecule is CSCCNS(=O)(=O)c1ccc([N+](=O)[O-])cc1N. The lowest BCUT2D eigenvalue weighted by atomic mass is 10.3. The van der Waals surface area contributed by atoms with Crippen LogP contribution in [0.15, 0.2) is 23.1 Å². The van der Waals surface area contributed by atoms with Gasteiger partial charge in [-0.2, -0.15) is 11.8 Å². The Bertz CT molecular complexity index is 545. The minimum atomic E-state index is -3.72. The van der Waals surface area contributed by atoms with Crippen molar-refractivity contribution in [1.82, 2.24) is 4.72 Å². The molecule has 9 heteroatoms. The maximum Gasteiger partial charge on any atom is 0.271 e. The molecule has 0 unspecified atom stereocenters. The van der Waals surface area contributed by atoms with Crippen LogP contribution in [0.4, 0.5) is 11.4 Å². The van der Waals surface area contributed by atoms with Gasteiger partial charge in [-0.1, -0.05) is 0 Å². The fourth-order valence-electron chi connectivity index (χ4n) is 1.25. The molecule has 1 aromatic carbocycles. The number of non-ortho nitro benzene ring substituents is 1. The monoisotopic (exact) mass is 291 g/mol. The number of nitrogens with one attached hydrogen (secondary N) is 1. The number of thioether (sulfide) groups is 1. The third-order valence-corrected chi connectivity index (χ3v) is 4.24. The standard InChI is InChI=1S/C9H13N3O4S2/c1-17-5-4-11-18(15,16)9-3-2-7(12(13)14)6-8(9)10/h2-3,6,11H,4-5,10H2,1H3. The molecule has 0 bridgehead atoms. The summed E-state index contributed by atoms with van der Waals surface area (Å²) >= 11 is 1.50. The number of anilines is 1. The number of benzene rings is 1. The molecule has 7 nitrogen and oxygen atoms in total. The minimum Gasteiger partial charge on any atom is -0.397 e. The van der Waals surface area contributed by atoms with Crippen molar-refractivity contribution < 1.29 is 13.3 Å². The van der Waals surface area contributed by atoms with Crippen molar-refractivity contribution in [3.05, 3.63) is 28.3 Å². The van der Waals surface area contributed by atoms with Gasteiger partial charge in [-0.15, -0.1) is 0 Å². The number of nitro benzene ring substituents is 1. The van der Waals surface area contributed by atoms with E-state index in [1.54, 1.807) is 0 Å². The predicted molar refractivity (Wildman–Crippen MR) is 71.1 cm³/mol. The molecule has 0 radical (unpaired) electrons. The maximum atomic E-state index is 11.8. The van der Waals surface area contributed by atoms with E-state index in [1.165, 1.54) is 11.8 Å². The van der Waals surface area contributed by atoms with Gasteiger partial charge in [0.1, 0.15) is 4.90 Å². The molecule has 3 N–H and O–H groups in total. The van der Waals surface area contributed by atoms with Gasteiger partial charge in [0.15, 0.2) is 0 Å². The Hall–Kier alpha value is -1.32. The molecule has 0 aliphatic heterocycles. The van der Waals surface area contributed by atoms with E-state index in [4.69, 9.17) is 5.73 Å². The molecule has 18 heavy (non-hydrogen) atoms. The molecule has 0 heterocycles. The van der Waals surface area contributed by atoms with Gasteiger partial charge >= 0.3 is 0 Å². The molecule has 0 saturated heterocycles. The highest BCUT2D eigenvalue weighted by molar-refractivity contribution is 7.98. The Labute approximate surface area is 109 Å². The van der Waals surface area contributed by atoms with Crippen molar-refractivity contribution >= 4 is 33.2 Å². The van der Waals surface area contributed by atoms with Gasteiger partial charge in [-0.3, -0.25) is 10.1 Å². The molecule has 0 atom stereocenters. The number of nitrogens with zero attached hydrogens (tertiary/aromatic N) is 1. The molecular formula is C9H13N3O4S2. The van der Waals surface area contributed by atoms with Crippen LogP contribution in [0.25, 0.3) is 0 Å². The van der Waals surface area contributed by atoms with Crippen LogP contribution in [0.1, 0.15) is 0 Å². The third-order valence-electron chi connectivity index (χ3n) is 2.09. The first-order valence-corrected chi connectivity index (χ1v) is 7.78. The second-order valence-electron chi connectivity index (χ2n) is 3.37. The van der Waals surface area contributed by atoms with Crippen molar-refractivity contribution in [3.8, 4) is 0 Å². The lowest BCUT2D eigenvalue weighted by Crippen LogP contribution is -2.26. The molecule has 0 aliphatic rings. The van der Waals surface area contributed by atoms with Gasteiger partial charge in [0.05, 0.1) is 10.6 Å². The van der Waals surface area contributed by atoms with E-state index in [0.717, 1.165) is 18.2 Å². The summed E-state index contributed by atoms with van der Waals surface area (Å²) in [6, 6.07) is 3.28. The van der Waals surface area contributed by atoms with Crippen LogP contribution < -0.4 is 10.5 Å². The van der Waals surface area contributed by atoms with E-state index in [-0.39, 0.29) is 22.8 Å². The topological polar surface area (TPSA) is 115 Å². The molecule has 0 fully saturated rings. The van der Waals surface area contributed by atoms with Crippen LogP contribution in [-0.2, 0) is 10.0 Å². The van der Waals surface area contributed by atoms with Crippen LogP contribution >= 0.6 is 11.8 Å². The third kappa shape index (κ3) is 3.59. The Kier molecular flexibility index (Phi) is 4.93. The maximum absolute atomic E-state index is 11.8. The zero-order chi connectivity index (χ0) is 13.8. The summed E-state index contributed by atoms with van der Waals surface area (Å²) in [6.45, 7) is 0.278. The van der Waals surface area contributed by atoms with Crippen LogP contribution in [0.3, 0.4) is 0 Å². The Morgan fingerprint density at radius 2 is 2.17 bits per heavy atom. The van der Waals surface area contributed by atoms with E-state index < -0.39 is 14.9 Å². The highest BCUT2D eigenvalue weighted by atomic mass is 32.2. The average Bonchev–Trinajstić information content (AvgIpc) is 2.28. The fraction of sp³-hybridized carbons (Fsp3) is 0.333. The second-order valence-corrected chi connectivity index (χ2v) is 6.09. The van der Waals surface area contributed by atoms with Crippen molar-refractivity contribution in [2.45, 2.75) is 4.90 Å². The molecule has 100 valence electrons. The number of rotatable bonds is 6. The Morgan fingerprint density at radius 3 is 2.67 bits per heavy atom. The van der Waals surface area contributed by atoms with E-state index in [2.05, 4.69) is 4.72 Å². The summed E-state index contributed by atoms with van der Waals surface area (Å²) in [5.74, 6) is 0.631.